The molecule has 104 valence electrons. The normalized spacial score (nSPS) is 13.9. The average Bonchev–Trinajstić information content (AvgIpc) is 2.24. The lowest BCUT2D eigenvalue weighted by Gasteiger charge is -2.19. The molecule has 0 saturated heterocycles. The van der Waals surface area contributed by atoms with Crippen LogP contribution in [-0.4, -0.2) is 21.9 Å². The summed E-state index contributed by atoms with van der Waals surface area (Å²) >= 11 is 0. The van der Waals surface area contributed by atoms with Gasteiger partial charge in [-0.05, 0) is 33.1 Å². The third-order valence-corrected chi connectivity index (χ3v) is 3.23. The maximum absolute atomic E-state index is 9.74. The molecule has 0 aliphatic heterocycles. The lowest BCUT2D eigenvalue weighted by Crippen LogP contribution is -2.21. The molecule has 0 radical (unpaired) electrons. The molecule has 0 aromatic heterocycles. The Kier molecular flexibility index (Phi) is 9.85. The van der Waals surface area contributed by atoms with E-state index in [1.165, 1.54) is 38.5 Å². The highest BCUT2D eigenvalue weighted by molar-refractivity contribution is 4.68. The fraction of sp³-hybridized carbons (Fsp3) is 1.00. The van der Waals surface area contributed by atoms with Gasteiger partial charge in [0, 0.05) is 0 Å². The van der Waals surface area contributed by atoms with E-state index in [1.54, 1.807) is 13.8 Å². The van der Waals surface area contributed by atoms with E-state index in [0.29, 0.717) is 6.42 Å². The van der Waals surface area contributed by atoms with Gasteiger partial charge in [-0.25, -0.2) is 0 Å². The molecule has 2 nitrogen and oxygen atoms in total. The minimum absolute atomic E-state index is 0.225. The van der Waals surface area contributed by atoms with Crippen LogP contribution in [0.25, 0.3) is 0 Å². The second-order valence-electron chi connectivity index (χ2n) is 5.91. The summed E-state index contributed by atoms with van der Waals surface area (Å²) in [4.78, 5) is 0. The van der Waals surface area contributed by atoms with E-state index >= 15 is 0 Å². The van der Waals surface area contributed by atoms with Crippen LogP contribution < -0.4 is 0 Å². The second kappa shape index (κ2) is 9.90. The molecule has 0 rings (SSSR count). The Balaban J connectivity index is 3.25. The number of rotatable bonds is 11. The molecule has 0 aliphatic carbocycles. The van der Waals surface area contributed by atoms with Crippen molar-refractivity contribution in [1.29, 1.82) is 0 Å². The van der Waals surface area contributed by atoms with Gasteiger partial charge in [0.2, 0.25) is 0 Å². The Labute approximate surface area is 107 Å². The lowest BCUT2D eigenvalue weighted by atomic mass is 9.97. The van der Waals surface area contributed by atoms with Crippen molar-refractivity contribution in [2.24, 2.45) is 0 Å². The molecule has 0 aromatic rings. The lowest BCUT2D eigenvalue weighted by molar-refractivity contribution is 0.0465. The minimum Gasteiger partial charge on any atom is -0.393 e. The van der Waals surface area contributed by atoms with Gasteiger partial charge in [0.15, 0.2) is 0 Å². The Morgan fingerprint density at radius 3 is 1.94 bits per heavy atom. The molecule has 0 bridgehead atoms. The van der Waals surface area contributed by atoms with Gasteiger partial charge >= 0.3 is 0 Å². The average molecular weight is 244 g/mol. The Morgan fingerprint density at radius 2 is 1.41 bits per heavy atom. The topological polar surface area (TPSA) is 40.5 Å². The van der Waals surface area contributed by atoms with Crippen LogP contribution in [0.3, 0.4) is 0 Å². The van der Waals surface area contributed by atoms with Crippen molar-refractivity contribution >= 4 is 0 Å². The van der Waals surface area contributed by atoms with Crippen LogP contribution in [0.5, 0.6) is 0 Å². The van der Waals surface area contributed by atoms with Gasteiger partial charge in [0.25, 0.3) is 0 Å². The highest BCUT2D eigenvalue weighted by Crippen LogP contribution is 2.16. The van der Waals surface area contributed by atoms with E-state index in [4.69, 9.17) is 0 Å². The summed E-state index contributed by atoms with van der Waals surface area (Å²) in [6, 6.07) is 0. The molecule has 0 aliphatic rings. The molecule has 0 fully saturated rings. The van der Waals surface area contributed by atoms with Crippen molar-refractivity contribution in [1.82, 2.24) is 0 Å². The maximum Gasteiger partial charge on any atom is 0.0592 e. The molecule has 0 aromatic carbocycles. The van der Waals surface area contributed by atoms with Gasteiger partial charge in [-0.3, -0.25) is 0 Å². The van der Waals surface area contributed by atoms with Gasteiger partial charge in [-0.2, -0.15) is 0 Å². The first-order chi connectivity index (χ1) is 7.95. The first-order valence-electron chi connectivity index (χ1n) is 7.36. The molecule has 2 N–H and O–H groups in total. The Hall–Kier alpha value is -0.0800. The van der Waals surface area contributed by atoms with Crippen LogP contribution in [-0.2, 0) is 0 Å². The summed E-state index contributed by atoms with van der Waals surface area (Å²) in [7, 11) is 0. The van der Waals surface area contributed by atoms with E-state index < -0.39 is 5.60 Å². The van der Waals surface area contributed by atoms with Crippen molar-refractivity contribution in [2.75, 3.05) is 0 Å². The molecule has 0 amide bonds. The van der Waals surface area contributed by atoms with Gasteiger partial charge in [-0.15, -0.1) is 0 Å². The zero-order valence-corrected chi connectivity index (χ0v) is 12.0. The van der Waals surface area contributed by atoms with Crippen LogP contribution >= 0.6 is 0 Å². The predicted octanol–water partition coefficient (Wildman–Crippen LogP) is 4.04. The molecular weight excluding hydrogens is 212 g/mol. The molecule has 17 heavy (non-hydrogen) atoms. The fourth-order valence-corrected chi connectivity index (χ4v) is 2.00. The van der Waals surface area contributed by atoms with Gasteiger partial charge < -0.3 is 10.2 Å². The molecule has 1 unspecified atom stereocenters. The van der Waals surface area contributed by atoms with Crippen LogP contribution in [0.4, 0.5) is 0 Å². The standard InChI is InChI=1S/C15H32O2/c1-4-5-6-7-8-9-10-11-14(16)12-13-15(2,3)17/h14,16-17H,4-13H2,1-3H3. The van der Waals surface area contributed by atoms with Crippen LogP contribution in [0.1, 0.15) is 85.0 Å². The summed E-state index contributed by atoms with van der Waals surface area (Å²) in [6.45, 7) is 5.83. The van der Waals surface area contributed by atoms with Gasteiger partial charge in [-0.1, -0.05) is 51.9 Å². The molecular formula is C15H32O2. The SMILES string of the molecule is CCCCCCCCCC(O)CCC(C)(C)O. The molecule has 0 saturated carbocycles. The summed E-state index contributed by atoms with van der Waals surface area (Å²) in [6.07, 6.45) is 11.1. The van der Waals surface area contributed by atoms with E-state index in [9.17, 15) is 10.2 Å². The smallest absolute Gasteiger partial charge is 0.0592 e. The highest BCUT2D eigenvalue weighted by atomic mass is 16.3. The second-order valence-corrected chi connectivity index (χ2v) is 5.91. The number of hydrogen-bond acceptors (Lipinski definition) is 2. The first kappa shape index (κ1) is 16.9. The third-order valence-electron chi connectivity index (χ3n) is 3.23. The molecule has 0 heterocycles. The van der Waals surface area contributed by atoms with E-state index in [1.807, 2.05) is 0 Å². The van der Waals surface area contributed by atoms with Gasteiger partial charge in [0.05, 0.1) is 11.7 Å². The van der Waals surface area contributed by atoms with Crippen molar-refractivity contribution in [3.63, 3.8) is 0 Å². The van der Waals surface area contributed by atoms with E-state index in [2.05, 4.69) is 6.92 Å². The monoisotopic (exact) mass is 244 g/mol. The summed E-state index contributed by atoms with van der Waals surface area (Å²) in [5.74, 6) is 0. The fourth-order valence-electron chi connectivity index (χ4n) is 2.00. The molecule has 1 atom stereocenters. The van der Waals surface area contributed by atoms with Gasteiger partial charge in [0.1, 0.15) is 0 Å². The van der Waals surface area contributed by atoms with Crippen molar-refractivity contribution in [2.45, 2.75) is 96.7 Å². The minimum atomic E-state index is -0.638. The third kappa shape index (κ3) is 13.9. The molecule has 2 heteroatoms. The number of hydrogen-bond donors (Lipinski definition) is 2. The van der Waals surface area contributed by atoms with Crippen molar-refractivity contribution < 1.29 is 10.2 Å². The number of aliphatic hydroxyl groups is 2. The zero-order valence-electron chi connectivity index (χ0n) is 12.0. The number of aliphatic hydroxyl groups excluding tert-OH is 1. The van der Waals surface area contributed by atoms with Crippen LogP contribution in [0.2, 0.25) is 0 Å². The Bertz CT molecular complexity index is 161. The zero-order chi connectivity index (χ0) is 13.1. The van der Waals surface area contributed by atoms with Crippen LogP contribution in [0, 0.1) is 0 Å². The Morgan fingerprint density at radius 1 is 0.882 bits per heavy atom. The predicted molar refractivity (Wildman–Crippen MR) is 74.1 cm³/mol. The van der Waals surface area contributed by atoms with E-state index in [-0.39, 0.29) is 6.10 Å². The first-order valence-corrected chi connectivity index (χ1v) is 7.36. The van der Waals surface area contributed by atoms with E-state index in [0.717, 1.165) is 19.3 Å². The quantitative estimate of drug-likeness (QED) is 0.539. The summed E-state index contributed by atoms with van der Waals surface area (Å²) in [5.41, 5.74) is -0.638. The number of unbranched alkanes of at least 4 members (excludes halogenated alkanes) is 6. The largest absolute Gasteiger partial charge is 0.393 e. The maximum atomic E-state index is 9.74. The summed E-state index contributed by atoms with van der Waals surface area (Å²) < 4.78 is 0. The summed E-state index contributed by atoms with van der Waals surface area (Å²) in [5, 5.41) is 19.3. The van der Waals surface area contributed by atoms with Crippen molar-refractivity contribution in [3.8, 4) is 0 Å². The van der Waals surface area contributed by atoms with Crippen molar-refractivity contribution in [3.05, 3.63) is 0 Å². The molecule has 0 spiro atoms. The van der Waals surface area contributed by atoms with Crippen LogP contribution in [0.15, 0.2) is 0 Å². The highest BCUT2D eigenvalue weighted by Gasteiger charge is 2.14.